The number of hydrogen-bond acceptors (Lipinski definition) is 6. The van der Waals surface area contributed by atoms with Gasteiger partial charge in [-0.25, -0.2) is 18.4 Å². The molecule has 168 valence electrons. The average molecular weight is 462 g/mol. The average Bonchev–Trinajstić information content (AvgIpc) is 3.23. The summed E-state index contributed by atoms with van der Waals surface area (Å²) in [5.74, 6) is 0.461. The van der Waals surface area contributed by atoms with E-state index < -0.39 is 15.7 Å². The number of amides is 1. The van der Waals surface area contributed by atoms with E-state index in [9.17, 15) is 13.2 Å². The molecular weight excluding hydrogens is 438 g/mol. The maximum atomic E-state index is 12.8. The van der Waals surface area contributed by atoms with Crippen LogP contribution in [-0.4, -0.2) is 41.5 Å². The second-order valence-corrected chi connectivity index (χ2v) is 10.0. The molecule has 0 atom stereocenters. The summed E-state index contributed by atoms with van der Waals surface area (Å²) >= 11 is 0. The molecule has 1 aliphatic heterocycles. The maximum absolute atomic E-state index is 12.8. The van der Waals surface area contributed by atoms with Gasteiger partial charge in [0, 0.05) is 38.3 Å². The Hall–Kier alpha value is -3.72. The number of nitrogens with zero attached hydrogens (tertiary/aromatic N) is 4. The highest BCUT2D eigenvalue weighted by molar-refractivity contribution is 7.90. The smallest absolute Gasteiger partial charge is 0.272 e. The van der Waals surface area contributed by atoms with E-state index in [0.717, 1.165) is 37.1 Å². The number of sulfone groups is 1. The zero-order valence-corrected chi connectivity index (χ0v) is 18.9. The molecule has 1 aromatic carbocycles. The Morgan fingerprint density at radius 1 is 1.06 bits per heavy atom. The molecule has 0 radical (unpaired) electrons. The molecule has 33 heavy (non-hydrogen) atoms. The van der Waals surface area contributed by atoms with Crippen molar-refractivity contribution >= 4 is 27.1 Å². The van der Waals surface area contributed by atoms with E-state index in [0.29, 0.717) is 5.52 Å². The van der Waals surface area contributed by atoms with Crippen LogP contribution in [0.4, 0.5) is 5.82 Å². The highest BCUT2D eigenvalue weighted by Gasteiger charge is 2.22. The number of fused-ring (bicyclic) bond motifs is 2. The lowest BCUT2D eigenvalue weighted by Gasteiger charge is -2.29. The van der Waals surface area contributed by atoms with Gasteiger partial charge in [-0.05, 0) is 41.3 Å². The summed E-state index contributed by atoms with van der Waals surface area (Å²) in [6.07, 6.45) is 5.40. The van der Waals surface area contributed by atoms with E-state index in [1.165, 1.54) is 15.5 Å². The molecule has 8 nitrogen and oxygen atoms in total. The highest BCUT2D eigenvalue weighted by Crippen LogP contribution is 2.23. The van der Waals surface area contributed by atoms with Gasteiger partial charge in [-0.3, -0.25) is 9.20 Å². The zero-order valence-electron chi connectivity index (χ0n) is 18.1. The summed E-state index contributed by atoms with van der Waals surface area (Å²) in [4.78, 5) is 23.7. The van der Waals surface area contributed by atoms with Gasteiger partial charge in [0.15, 0.2) is 5.69 Å². The summed E-state index contributed by atoms with van der Waals surface area (Å²) in [7, 11) is -3.59. The quantitative estimate of drug-likeness (QED) is 0.491. The fourth-order valence-electron chi connectivity index (χ4n) is 4.10. The molecule has 0 saturated carbocycles. The van der Waals surface area contributed by atoms with Crippen molar-refractivity contribution in [1.82, 2.24) is 19.7 Å². The molecule has 0 fully saturated rings. The van der Waals surface area contributed by atoms with Gasteiger partial charge in [-0.2, -0.15) is 0 Å². The number of hydrogen-bond donors (Lipinski definition) is 1. The molecular formula is C24H23N5O3S. The number of aromatic nitrogens is 3. The Kier molecular flexibility index (Phi) is 5.33. The van der Waals surface area contributed by atoms with Gasteiger partial charge in [-0.15, -0.1) is 0 Å². The standard InChI is InChI=1S/C24H23N5O3S/c1-33(31,32)24-27-22(20-8-4-5-12-29(20)24)23(30)26-15-17-9-10-21(25-14-17)28-13-11-18-6-2-3-7-19(18)16-28/h2-10,12,14H,11,13,15-16H2,1H3,(H,26,30). The SMILES string of the molecule is CS(=O)(=O)c1nc(C(=O)NCc2ccc(N3CCc4ccccc4C3)nc2)c2ccccn12. The molecule has 4 heterocycles. The van der Waals surface area contributed by atoms with Crippen molar-refractivity contribution in [3.05, 3.63) is 89.4 Å². The minimum atomic E-state index is -3.59. The van der Waals surface area contributed by atoms with Crippen molar-refractivity contribution in [2.75, 3.05) is 17.7 Å². The van der Waals surface area contributed by atoms with Crippen LogP contribution in [0.1, 0.15) is 27.2 Å². The van der Waals surface area contributed by atoms with Crippen molar-refractivity contribution in [3.8, 4) is 0 Å². The lowest BCUT2D eigenvalue weighted by atomic mass is 10.00. The first-order chi connectivity index (χ1) is 15.9. The second-order valence-electron chi connectivity index (χ2n) is 8.12. The third kappa shape index (κ3) is 4.19. The molecule has 0 saturated heterocycles. The Balaban J connectivity index is 1.28. The predicted octanol–water partition coefficient (Wildman–Crippen LogP) is 2.63. The largest absolute Gasteiger partial charge is 0.352 e. The molecule has 1 amide bonds. The first-order valence-corrected chi connectivity index (χ1v) is 12.5. The van der Waals surface area contributed by atoms with Gasteiger partial charge in [0.05, 0.1) is 5.52 Å². The fourth-order valence-corrected chi connectivity index (χ4v) is 4.88. The number of pyridine rings is 2. The van der Waals surface area contributed by atoms with Gasteiger partial charge in [0.2, 0.25) is 15.0 Å². The third-order valence-corrected chi connectivity index (χ3v) is 6.73. The van der Waals surface area contributed by atoms with Gasteiger partial charge in [0.1, 0.15) is 5.82 Å². The fraction of sp³-hybridized carbons (Fsp3) is 0.208. The van der Waals surface area contributed by atoms with Gasteiger partial charge in [-0.1, -0.05) is 36.4 Å². The monoisotopic (exact) mass is 461 g/mol. The van der Waals surface area contributed by atoms with E-state index in [1.807, 2.05) is 12.1 Å². The van der Waals surface area contributed by atoms with Crippen LogP contribution in [0.25, 0.3) is 5.52 Å². The maximum Gasteiger partial charge on any atom is 0.272 e. The highest BCUT2D eigenvalue weighted by atomic mass is 32.2. The van der Waals surface area contributed by atoms with Crippen LogP contribution in [0.3, 0.4) is 0 Å². The van der Waals surface area contributed by atoms with Gasteiger partial charge < -0.3 is 10.2 Å². The van der Waals surface area contributed by atoms with Crippen LogP contribution >= 0.6 is 0 Å². The van der Waals surface area contributed by atoms with E-state index >= 15 is 0 Å². The zero-order chi connectivity index (χ0) is 23.0. The van der Waals surface area contributed by atoms with Crippen LogP contribution in [0, 0.1) is 0 Å². The third-order valence-electron chi connectivity index (χ3n) is 5.78. The van der Waals surface area contributed by atoms with E-state index in [2.05, 4.69) is 44.5 Å². The van der Waals surface area contributed by atoms with E-state index in [1.54, 1.807) is 30.6 Å². The molecule has 0 unspecified atom stereocenters. The van der Waals surface area contributed by atoms with Crippen molar-refractivity contribution in [3.63, 3.8) is 0 Å². The second kappa shape index (κ2) is 8.32. The van der Waals surface area contributed by atoms with Crippen molar-refractivity contribution < 1.29 is 13.2 Å². The van der Waals surface area contributed by atoms with Crippen LogP contribution in [0.5, 0.6) is 0 Å². The molecule has 5 rings (SSSR count). The number of benzene rings is 1. The molecule has 0 bridgehead atoms. The van der Waals surface area contributed by atoms with Gasteiger partial charge in [0.25, 0.3) is 5.91 Å². The molecule has 1 aliphatic rings. The van der Waals surface area contributed by atoms with Crippen molar-refractivity contribution in [2.24, 2.45) is 0 Å². The molecule has 3 aromatic heterocycles. The van der Waals surface area contributed by atoms with E-state index in [-0.39, 0.29) is 17.4 Å². The summed E-state index contributed by atoms with van der Waals surface area (Å²) in [5.41, 5.74) is 4.07. The molecule has 1 N–H and O–H groups in total. The molecule has 9 heteroatoms. The topological polar surface area (TPSA) is 96.7 Å². The summed E-state index contributed by atoms with van der Waals surface area (Å²) in [5, 5.41) is 2.67. The molecule has 0 spiro atoms. The number of nitrogens with one attached hydrogen (secondary N) is 1. The minimum Gasteiger partial charge on any atom is -0.352 e. The number of imidazole rings is 1. The first-order valence-electron chi connectivity index (χ1n) is 10.6. The number of rotatable bonds is 5. The van der Waals surface area contributed by atoms with E-state index in [4.69, 9.17) is 0 Å². The minimum absolute atomic E-state index is 0.0765. The Labute approximate surface area is 191 Å². The Morgan fingerprint density at radius 2 is 1.85 bits per heavy atom. The summed E-state index contributed by atoms with van der Waals surface area (Å²) < 4.78 is 25.5. The molecule has 4 aromatic rings. The van der Waals surface area contributed by atoms with Gasteiger partial charge >= 0.3 is 0 Å². The van der Waals surface area contributed by atoms with Crippen LogP contribution in [-0.2, 0) is 29.3 Å². The predicted molar refractivity (Wildman–Crippen MR) is 125 cm³/mol. The Bertz CT molecular complexity index is 1440. The van der Waals surface area contributed by atoms with Crippen LogP contribution in [0.2, 0.25) is 0 Å². The van der Waals surface area contributed by atoms with Crippen LogP contribution in [0.15, 0.2) is 72.1 Å². The van der Waals surface area contributed by atoms with Crippen LogP contribution < -0.4 is 10.2 Å². The van der Waals surface area contributed by atoms with Crippen molar-refractivity contribution in [2.45, 2.75) is 24.7 Å². The number of anilines is 1. The van der Waals surface area contributed by atoms with Crippen molar-refractivity contribution in [1.29, 1.82) is 0 Å². The summed E-state index contributed by atoms with van der Waals surface area (Å²) in [6, 6.07) is 17.5. The number of carbonyl (C=O) groups is 1. The normalized spacial score (nSPS) is 13.7. The Morgan fingerprint density at radius 3 is 2.61 bits per heavy atom. The number of carbonyl (C=O) groups excluding carboxylic acids is 1. The molecule has 0 aliphatic carbocycles. The first kappa shape index (κ1) is 21.1. The lowest BCUT2D eigenvalue weighted by Crippen LogP contribution is -2.31. The summed E-state index contributed by atoms with van der Waals surface area (Å²) in [6.45, 7) is 2.00. The lowest BCUT2D eigenvalue weighted by molar-refractivity contribution is 0.0947.